The number of piperidine rings is 1. The first kappa shape index (κ1) is 20.5. The zero-order chi connectivity index (χ0) is 17.8. The summed E-state index contributed by atoms with van der Waals surface area (Å²) in [6.45, 7) is 1.94. The zero-order valence-corrected chi connectivity index (χ0v) is 16.1. The van der Waals surface area contributed by atoms with Gasteiger partial charge in [0.15, 0.2) is 0 Å². The maximum Gasteiger partial charge on any atom is 0.317 e. The molecule has 142 valence electrons. The number of likely N-dealkylation sites (N-methyl/N-ethyl adjacent to an activating group) is 1. The summed E-state index contributed by atoms with van der Waals surface area (Å²) in [6, 6.07) is 5.80. The molecule has 1 amide bonds. The average molecular weight is 400 g/mol. The Morgan fingerprint density at radius 1 is 1.35 bits per heavy atom. The van der Waals surface area contributed by atoms with Crippen LogP contribution >= 0.6 is 12.4 Å². The molecule has 0 atom stereocenters. The van der Waals surface area contributed by atoms with Gasteiger partial charge in [-0.05, 0) is 32.0 Å². The second-order valence-electron chi connectivity index (χ2n) is 6.30. The van der Waals surface area contributed by atoms with Gasteiger partial charge in [-0.3, -0.25) is 19.4 Å². The number of carbonyl (C=O) groups excluding carboxylic acids is 1. The molecule has 1 aromatic carbocycles. The summed E-state index contributed by atoms with van der Waals surface area (Å²) in [6.07, 6.45) is 1.73. The van der Waals surface area contributed by atoms with Crippen molar-refractivity contribution >= 4 is 52.7 Å². The third-order valence-electron chi connectivity index (χ3n) is 4.49. The number of aliphatic carboxylic acids is 1. The number of nitrogens with zero attached hydrogens (tertiary/aromatic N) is 4. The Labute approximate surface area is 161 Å². The second-order valence-corrected chi connectivity index (χ2v) is 6.83. The number of carboxylic acids is 1. The smallest absolute Gasteiger partial charge is 0.317 e. The molecule has 0 bridgehead atoms. The van der Waals surface area contributed by atoms with E-state index in [2.05, 4.69) is 18.9 Å². The average Bonchev–Trinajstić information content (AvgIpc) is 3.04. The lowest BCUT2D eigenvalue weighted by Gasteiger charge is -2.35. The van der Waals surface area contributed by atoms with Crippen molar-refractivity contribution < 1.29 is 14.7 Å². The molecule has 2 heterocycles. The Hall–Kier alpha value is -1.81. The van der Waals surface area contributed by atoms with E-state index in [1.54, 1.807) is 0 Å². The van der Waals surface area contributed by atoms with Crippen LogP contribution in [0.25, 0.3) is 0 Å². The topological polar surface area (TPSA) is 97.6 Å². The van der Waals surface area contributed by atoms with E-state index in [1.165, 1.54) is 0 Å². The number of rotatable bonds is 6. The Bertz CT molecular complexity index is 745. The van der Waals surface area contributed by atoms with Gasteiger partial charge >= 0.3 is 5.97 Å². The summed E-state index contributed by atoms with van der Waals surface area (Å²) in [5.41, 5.74) is 2.19. The number of hydrogen-bond acceptors (Lipinski definition) is 6. The fourth-order valence-corrected chi connectivity index (χ4v) is 3.71. The van der Waals surface area contributed by atoms with Gasteiger partial charge in [0.05, 0.1) is 30.1 Å². The number of amides is 1. The van der Waals surface area contributed by atoms with E-state index in [-0.39, 0.29) is 30.9 Å². The van der Waals surface area contributed by atoms with Crippen LogP contribution in [0.4, 0.5) is 17.1 Å². The molecule has 8 nitrogen and oxygen atoms in total. The molecule has 0 radical (unpaired) electrons. The van der Waals surface area contributed by atoms with Crippen LogP contribution in [0.3, 0.4) is 0 Å². The van der Waals surface area contributed by atoms with Crippen molar-refractivity contribution in [2.45, 2.75) is 18.9 Å². The van der Waals surface area contributed by atoms with Gasteiger partial charge in [0.1, 0.15) is 11.4 Å². The third-order valence-corrected chi connectivity index (χ3v) is 5.03. The van der Waals surface area contributed by atoms with E-state index in [0.717, 1.165) is 48.7 Å². The molecule has 0 aromatic heterocycles. The van der Waals surface area contributed by atoms with Crippen molar-refractivity contribution in [3.05, 3.63) is 18.2 Å². The van der Waals surface area contributed by atoms with Gasteiger partial charge in [-0.2, -0.15) is 8.73 Å². The SMILES string of the molecule is CN(CC(=O)O)C1CCN(CC(=O)Nc2cccc3c2N=S=N3)CC1.Cl. The highest BCUT2D eigenvalue weighted by molar-refractivity contribution is 7.58. The third kappa shape index (κ3) is 5.10. The fraction of sp³-hybridized carbons (Fsp3) is 0.500. The summed E-state index contributed by atoms with van der Waals surface area (Å²) in [5, 5.41) is 11.8. The van der Waals surface area contributed by atoms with Crippen LogP contribution in [0, 0.1) is 0 Å². The van der Waals surface area contributed by atoms with Gasteiger partial charge in [-0.1, -0.05) is 6.07 Å². The van der Waals surface area contributed by atoms with E-state index < -0.39 is 5.97 Å². The van der Waals surface area contributed by atoms with Crippen molar-refractivity contribution in [1.82, 2.24) is 9.80 Å². The standard InChI is InChI=1S/C16H21N5O3S.ClH/c1-20(10-15(23)24)11-5-7-21(8-6-11)9-14(22)17-12-3-2-4-13-16(12)19-25-18-13;/h2-4,11H,5-10H2,1H3,(H,17,22)(H,23,24);1H. The minimum atomic E-state index is -0.810. The molecule has 1 fully saturated rings. The van der Waals surface area contributed by atoms with E-state index in [4.69, 9.17) is 5.11 Å². The molecule has 2 aliphatic heterocycles. The van der Waals surface area contributed by atoms with E-state index in [9.17, 15) is 9.59 Å². The molecule has 1 saturated heterocycles. The monoisotopic (exact) mass is 399 g/mol. The molecule has 26 heavy (non-hydrogen) atoms. The molecule has 0 unspecified atom stereocenters. The van der Waals surface area contributed by atoms with Crippen molar-refractivity contribution in [2.24, 2.45) is 8.73 Å². The van der Waals surface area contributed by atoms with Crippen LogP contribution < -0.4 is 5.32 Å². The molecule has 1 aromatic rings. The van der Waals surface area contributed by atoms with E-state index in [0.29, 0.717) is 12.2 Å². The number of fused-ring (bicyclic) bond motifs is 1. The normalized spacial score (nSPS) is 16.7. The first-order chi connectivity index (χ1) is 12.0. The lowest BCUT2D eigenvalue weighted by molar-refractivity contribution is -0.138. The first-order valence-corrected chi connectivity index (χ1v) is 8.91. The number of benzene rings is 1. The summed E-state index contributed by atoms with van der Waals surface area (Å²) in [7, 11) is 1.84. The van der Waals surface area contributed by atoms with Crippen LogP contribution in [0.2, 0.25) is 0 Å². The summed E-state index contributed by atoms with van der Waals surface area (Å²) < 4.78 is 8.39. The maximum absolute atomic E-state index is 12.3. The van der Waals surface area contributed by atoms with Gasteiger partial charge in [0.2, 0.25) is 5.91 Å². The molecule has 0 saturated carbocycles. The highest BCUT2D eigenvalue weighted by Gasteiger charge is 2.25. The molecule has 0 aliphatic carbocycles. The van der Waals surface area contributed by atoms with Crippen molar-refractivity contribution in [3.8, 4) is 0 Å². The summed E-state index contributed by atoms with van der Waals surface area (Å²) in [5.74, 6) is -0.882. The number of halogens is 1. The lowest BCUT2D eigenvalue weighted by atomic mass is 10.0. The predicted octanol–water partition coefficient (Wildman–Crippen LogP) is 2.25. The molecule has 3 rings (SSSR count). The Morgan fingerprint density at radius 2 is 2.08 bits per heavy atom. The highest BCUT2D eigenvalue weighted by Crippen LogP contribution is 2.38. The van der Waals surface area contributed by atoms with E-state index in [1.807, 2.05) is 30.1 Å². The Kier molecular flexibility index (Phi) is 7.27. The van der Waals surface area contributed by atoms with Crippen LogP contribution in [0.5, 0.6) is 0 Å². The number of carbonyl (C=O) groups is 2. The van der Waals surface area contributed by atoms with Gasteiger partial charge < -0.3 is 10.4 Å². The highest BCUT2D eigenvalue weighted by atomic mass is 35.5. The van der Waals surface area contributed by atoms with Crippen LogP contribution in [0.15, 0.2) is 26.9 Å². The Balaban J connectivity index is 0.00000243. The zero-order valence-electron chi connectivity index (χ0n) is 14.4. The van der Waals surface area contributed by atoms with Gasteiger partial charge in [-0.25, -0.2) is 0 Å². The number of likely N-dealkylation sites (tertiary alicyclic amines) is 1. The second kappa shape index (κ2) is 9.22. The quantitative estimate of drug-likeness (QED) is 0.776. The summed E-state index contributed by atoms with van der Waals surface area (Å²) in [4.78, 5) is 27.1. The van der Waals surface area contributed by atoms with Crippen molar-refractivity contribution in [1.29, 1.82) is 0 Å². The Morgan fingerprint density at radius 3 is 2.77 bits per heavy atom. The summed E-state index contributed by atoms with van der Waals surface area (Å²) >= 11 is 1.13. The molecule has 0 spiro atoms. The molecule has 2 N–H and O–H groups in total. The number of carboxylic acid groups (broad SMARTS) is 1. The largest absolute Gasteiger partial charge is 0.480 e. The minimum absolute atomic E-state index is 0. The minimum Gasteiger partial charge on any atom is -0.480 e. The molecule has 10 heteroatoms. The van der Waals surface area contributed by atoms with Gasteiger partial charge in [-0.15, -0.1) is 12.4 Å². The van der Waals surface area contributed by atoms with Crippen LogP contribution in [-0.2, 0) is 20.9 Å². The predicted molar refractivity (Wildman–Crippen MR) is 104 cm³/mol. The van der Waals surface area contributed by atoms with Crippen molar-refractivity contribution in [2.75, 3.05) is 38.5 Å². The number of anilines is 1. The van der Waals surface area contributed by atoms with E-state index >= 15 is 0 Å². The van der Waals surface area contributed by atoms with Crippen LogP contribution in [0.1, 0.15) is 12.8 Å². The fourth-order valence-electron chi connectivity index (χ4n) is 3.16. The lowest BCUT2D eigenvalue weighted by Crippen LogP contribution is -2.46. The molecular weight excluding hydrogens is 378 g/mol. The van der Waals surface area contributed by atoms with Gasteiger partial charge in [0.25, 0.3) is 0 Å². The first-order valence-electron chi connectivity index (χ1n) is 8.18. The molecule has 2 aliphatic rings. The van der Waals surface area contributed by atoms with Gasteiger partial charge in [0, 0.05) is 19.1 Å². The molecular formula is C16H22ClN5O3S. The number of nitrogens with one attached hydrogen (secondary N) is 1. The number of hydrogen-bond donors (Lipinski definition) is 2. The maximum atomic E-state index is 12.3. The van der Waals surface area contributed by atoms with Crippen LogP contribution in [-0.4, -0.2) is 66.1 Å². The van der Waals surface area contributed by atoms with Crippen molar-refractivity contribution in [3.63, 3.8) is 0 Å².